The number of hydrogen-bond acceptors (Lipinski definition) is 7. The van der Waals surface area contributed by atoms with Gasteiger partial charge in [0.2, 0.25) is 15.9 Å². The summed E-state index contributed by atoms with van der Waals surface area (Å²) in [6.07, 6.45) is 5.32. The third-order valence-corrected chi connectivity index (χ3v) is 5.92. The topological polar surface area (TPSA) is 116 Å². The van der Waals surface area contributed by atoms with Gasteiger partial charge in [0.1, 0.15) is 0 Å². The molecule has 1 N–H and O–H groups in total. The van der Waals surface area contributed by atoms with Crippen LogP contribution in [0.15, 0.2) is 33.8 Å². The van der Waals surface area contributed by atoms with Gasteiger partial charge >= 0.3 is 0 Å². The third-order valence-electron chi connectivity index (χ3n) is 4.64. The highest BCUT2D eigenvalue weighted by Gasteiger charge is 2.24. The molecular weight excluding hydrogens is 384 g/mol. The minimum atomic E-state index is -3.51. The van der Waals surface area contributed by atoms with Gasteiger partial charge in [0, 0.05) is 24.2 Å². The fourth-order valence-electron chi connectivity index (χ4n) is 2.83. The van der Waals surface area contributed by atoms with E-state index in [1.54, 1.807) is 25.4 Å². The highest BCUT2D eigenvalue weighted by atomic mass is 32.2. The Bertz CT molecular complexity index is 1190. The zero-order valence-corrected chi connectivity index (χ0v) is 16.3. The summed E-state index contributed by atoms with van der Waals surface area (Å²) < 4.78 is 38.9. The van der Waals surface area contributed by atoms with Crippen molar-refractivity contribution in [1.82, 2.24) is 14.8 Å². The third kappa shape index (κ3) is 3.59. The van der Waals surface area contributed by atoms with Gasteiger partial charge < -0.3 is 13.7 Å². The van der Waals surface area contributed by atoms with E-state index >= 15 is 0 Å². The maximum absolute atomic E-state index is 12.3. The average molecular weight is 404 g/mol. The van der Waals surface area contributed by atoms with E-state index in [0.29, 0.717) is 29.0 Å². The number of nitrogens with zero attached hydrogens (tertiary/aromatic N) is 3. The Morgan fingerprint density at radius 3 is 2.82 bits per heavy atom. The first-order valence-electron chi connectivity index (χ1n) is 8.96. The number of rotatable bonds is 7. The molecule has 0 aromatic carbocycles. The van der Waals surface area contributed by atoms with Crippen LogP contribution in [0.2, 0.25) is 0 Å². The van der Waals surface area contributed by atoms with E-state index in [1.165, 1.54) is 17.8 Å². The van der Waals surface area contributed by atoms with E-state index in [9.17, 15) is 13.2 Å². The number of fused-ring (bicyclic) bond motifs is 1. The van der Waals surface area contributed by atoms with Crippen molar-refractivity contribution in [3.8, 4) is 17.0 Å². The molecule has 3 aromatic heterocycles. The molecular formula is C18H20N4O5S. The van der Waals surface area contributed by atoms with Crippen molar-refractivity contribution in [2.75, 3.05) is 17.1 Å². The van der Waals surface area contributed by atoms with Crippen molar-refractivity contribution in [2.24, 2.45) is 13.0 Å². The van der Waals surface area contributed by atoms with Crippen molar-refractivity contribution in [3.05, 3.63) is 34.9 Å². The smallest absolute Gasteiger partial charge is 0.293 e. The molecule has 4 rings (SSSR count). The Kier molecular flexibility index (Phi) is 4.58. The van der Waals surface area contributed by atoms with E-state index < -0.39 is 10.0 Å². The zero-order valence-electron chi connectivity index (χ0n) is 15.5. The number of sulfonamides is 1. The number of furan rings is 1. The molecule has 3 heterocycles. The lowest BCUT2D eigenvalue weighted by atomic mass is 10.1. The van der Waals surface area contributed by atoms with Gasteiger partial charge in [0.05, 0.1) is 24.2 Å². The molecule has 0 bridgehead atoms. The summed E-state index contributed by atoms with van der Waals surface area (Å²) in [6.45, 7) is 2.05. The monoisotopic (exact) mass is 404 g/mol. The van der Waals surface area contributed by atoms with Crippen LogP contribution in [0.1, 0.15) is 19.8 Å². The number of pyridine rings is 1. The molecule has 0 atom stereocenters. The number of hydrogen-bond donors (Lipinski definition) is 1. The summed E-state index contributed by atoms with van der Waals surface area (Å²) in [5.74, 6) is 0.783. The van der Waals surface area contributed by atoms with Gasteiger partial charge in [0.25, 0.3) is 5.56 Å². The predicted octanol–water partition coefficient (Wildman–Crippen LogP) is 2.14. The second kappa shape index (κ2) is 6.93. The van der Waals surface area contributed by atoms with Crippen LogP contribution in [0.5, 0.6) is 5.88 Å². The number of anilines is 1. The lowest BCUT2D eigenvalue weighted by molar-refractivity contribution is 0.286. The van der Waals surface area contributed by atoms with Crippen molar-refractivity contribution in [1.29, 1.82) is 0 Å². The molecule has 1 fully saturated rings. The number of nitrogens with one attached hydrogen (secondary N) is 1. The van der Waals surface area contributed by atoms with Crippen LogP contribution in [-0.4, -0.2) is 35.5 Å². The van der Waals surface area contributed by atoms with Crippen LogP contribution in [-0.2, 0) is 17.1 Å². The van der Waals surface area contributed by atoms with Gasteiger partial charge in [-0.15, -0.1) is 10.2 Å². The van der Waals surface area contributed by atoms with E-state index in [1.807, 2.05) is 0 Å². The summed E-state index contributed by atoms with van der Waals surface area (Å²) in [5, 5.41) is 8.64. The molecule has 3 aromatic rings. The van der Waals surface area contributed by atoms with Crippen LogP contribution < -0.4 is 15.0 Å². The van der Waals surface area contributed by atoms with Crippen molar-refractivity contribution in [3.63, 3.8) is 0 Å². The van der Waals surface area contributed by atoms with E-state index in [4.69, 9.17) is 9.15 Å². The molecule has 28 heavy (non-hydrogen) atoms. The lowest BCUT2D eigenvalue weighted by Crippen LogP contribution is -2.17. The average Bonchev–Trinajstić information content (AvgIpc) is 3.37. The molecule has 0 saturated heterocycles. The summed E-state index contributed by atoms with van der Waals surface area (Å²) in [4.78, 5) is 12.3. The fraction of sp³-hybridized carbons (Fsp3) is 0.389. The molecule has 9 nitrogen and oxygen atoms in total. The predicted molar refractivity (Wildman–Crippen MR) is 104 cm³/mol. The first-order valence-corrected chi connectivity index (χ1v) is 10.6. The Morgan fingerprint density at radius 1 is 1.32 bits per heavy atom. The minimum Gasteiger partial charge on any atom is -0.476 e. The Morgan fingerprint density at radius 2 is 2.11 bits per heavy atom. The zero-order chi connectivity index (χ0) is 19.9. The second-order valence-corrected chi connectivity index (χ2v) is 8.84. The van der Waals surface area contributed by atoms with Gasteiger partial charge in [-0.05, 0) is 37.8 Å². The maximum Gasteiger partial charge on any atom is 0.293 e. The number of aryl methyl sites for hydroxylation is 1. The van der Waals surface area contributed by atoms with Crippen LogP contribution >= 0.6 is 0 Å². The van der Waals surface area contributed by atoms with Gasteiger partial charge in [-0.25, -0.2) is 8.42 Å². The summed E-state index contributed by atoms with van der Waals surface area (Å²) in [7, 11) is -1.89. The highest BCUT2D eigenvalue weighted by molar-refractivity contribution is 7.92. The molecule has 0 amide bonds. The van der Waals surface area contributed by atoms with Crippen LogP contribution in [0.3, 0.4) is 0 Å². The van der Waals surface area contributed by atoms with E-state index in [2.05, 4.69) is 14.9 Å². The molecule has 1 aliphatic rings. The van der Waals surface area contributed by atoms with Crippen LogP contribution in [0.4, 0.5) is 5.82 Å². The molecule has 1 saturated carbocycles. The summed E-state index contributed by atoms with van der Waals surface area (Å²) in [5.41, 5.74) is 1.12. The summed E-state index contributed by atoms with van der Waals surface area (Å²) >= 11 is 0. The van der Waals surface area contributed by atoms with Crippen molar-refractivity contribution in [2.45, 2.75) is 19.8 Å². The Balaban J connectivity index is 1.86. The van der Waals surface area contributed by atoms with Crippen molar-refractivity contribution < 1.29 is 17.6 Å². The molecule has 0 spiro atoms. The van der Waals surface area contributed by atoms with Gasteiger partial charge in [0.15, 0.2) is 11.4 Å². The van der Waals surface area contributed by atoms with Crippen LogP contribution in [0.25, 0.3) is 22.1 Å². The molecule has 10 heteroatoms. The first-order chi connectivity index (χ1) is 13.4. The molecule has 0 radical (unpaired) electrons. The SMILES string of the molecule is CCS(=O)(=O)Nc1cc(-c2cn(C)c(=O)c3occc23)c(OCC2CC2)nn1. The molecule has 1 aliphatic carbocycles. The molecule has 0 unspecified atom stereocenters. The quantitative estimate of drug-likeness (QED) is 0.641. The Hall–Kier alpha value is -2.88. The number of aromatic nitrogens is 3. The van der Waals surface area contributed by atoms with E-state index in [0.717, 1.165) is 12.8 Å². The normalized spacial score (nSPS) is 14.4. The molecule has 0 aliphatic heterocycles. The lowest BCUT2D eigenvalue weighted by Gasteiger charge is -2.13. The fourth-order valence-corrected chi connectivity index (χ4v) is 3.39. The Labute approximate surface area is 161 Å². The minimum absolute atomic E-state index is 0.0844. The largest absolute Gasteiger partial charge is 0.476 e. The van der Waals surface area contributed by atoms with Gasteiger partial charge in [-0.2, -0.15) is 0 Å². The van der Waals surface area contributed by atoms with Gasteiger partial charge in [-0.1, -0.05) is 0 Å². The molecule has 148 valence electrons. The number of ether oxygens (including phenoxy) is 1. The standard InChI is InChI=1S/C18H20N4O5S/c1-3-28(24,25)21-15-8-13(17(20-19-15)27-10-11-4-5-11)14-9-22(2)18(23)16-12(14)6-7-26-16/h6-9,11H,3-5,10H2,1-2H3,(H,19,21). The van der Waals surface area contributed by atoms with Crippen molar-refractivity contribution >= 4 is 26.8 Å². The van der Waals surface area contributed by atoms with Gasteiger partial charge in [-0.3, -0.25) is 9.52 Å². The van der Waals surface area contributed by atoms with Crippen LogP contribution in [0, 0.1) is 5.92 Å². The van der Waals surface area contributed by atoms with E-state index in [-0.39, 0.29) is 28.6 Å². The maximum atomic E-state index is 12.3. The summed E-state index contributed by atoms with van der Waals surface area (Å²) in [6, 6.07) is 3.25. The highest BCUT2D eigenvalue weighted by Crippen LogP contribution is 2.36. The first kappa shape index (κ1) is 18.5. The second-order valence-electron chi connectivity index (χ2n) is 6.83.